The van der Waals surface area contributed by atoms with Crippen molar-refractivity contribution in [2.45, 2.75) is 6.54 Å². The van der Waals surface area contributed by atoms with Crippen molar-refractivity contribution in [1.29, 1.82) is 0 Å². The summed E-state index contributed by atoms with van der Waals surface area (Å²) in [6.07, 6.45) is 1.38. The lowest BCUT2D eigenvalue weighted by Crippen LogP contribution is -2.04. The van der Waals surface area contributed by atoms with Gasteiger partial charge >= 0.3 is 5.97 Å². The van der Waals surface area contributed by atoms with Gasteiger partial charge in [-0.1, -0.05) is 0 Å². The van der Waals surface area contributed by atoms with Gasteiger partial charge in [-0.25, -0.2) is 4.79 Å². The lowest BCUT2D eigenvalue weighted by Gasteiger charge is -2.06. The minimum absolute atomic E-state index is 0.0192. The molecule has 2 N–H and O–H groups in total. The standard InChI is InChI=1S/C12H9BrINO3/c13-9-2-1-8(5-10(9)14)15-6-7-3-4-18-11(7)12(16)17/h1-5,15H,6H2,(H,16,17). The largest absolute Gasteiger partial charge is 0.475 e. The van der Waals surface area contributed by atoms with Crippen molar-refractivity contribution in [3.8, 4) is 0 Å². The Balaban J connectivity index is 2.09. The summed E-state index contributed by atoms with van der Waals surface area (Å²) in [5.74, 6) is -1.07. The number of anilines is 1. The molecule has 94 valence electrons. The van der Waals surface area contributed by atoms with Crippen molar-refractivity contribution in [3.63, 3.8) is 0 Å². The van der Waals surface area contributed by atoms with E-state index < -0.39 is 5.97 Å². The van der Waals surface area contributed by atoms with Gasteiger partial charge in [0, 0.05) is 25.8 Å². The molecule has 18 heavy (non-hydrogen) atoms. The van der Waals surface area contributed by atoms with E-state index in [1.54, 1.807) is 6.07 Å². The number of hydrogen-bond acceptors (Lipinski definition) is 3. The van der Waals surface area contributed by atoms with Gasteiger partial charge in [0.15, 0.2) is 0 Å². The predicted octanol–water partition coefficient (Wildman–Crippen LogP) is 3.96. The molecule has 0 saturated heterocycles. The number of rotatable bonds is 4. The number of nitrogens with one attached hydrogen (secondary N) is 1. The molecule has 0 amide bonds. The molecule has 0 aliphatic rings. The molecule has 0 fully saturated rings. The molecule has 1 aromatic carbocycles. The molecule has 0 bridgehead atoms. The van der Waals surface area contributed by atoms with Crippen LogP contribution in [0.2, 0.25) is 0 Å². The molecule has 0 aliphatic heterocycles. The highest BCUT2D eigenvalue weighted by molar-refractivity contribution is 14.1. The monoisotopic (exact) mass is 421 g/mol. The van der Waals surface area contributed by atoms with E-state index in [9.17, 15) is 4.79 Å². The van der Waals surface area contributed by atoms with Crippen LogP contribution in [-0.4, -0.2) is 11.1 Å². The van der Waals surface area contributed by atoms with Gasteiger partial charge in [-0.15, -0.1) is 0 Å². The number of hydrogen-bond donors (Lipinski definition) is 2. The Bertz CT molecular complexity index is 582. The summed E-state index contributed by atoms with van der Waals surface area (Å²) in [6, 6.07) is 7.50. The van der Waals surface area contributed by atoms with Crippen LogP contribution in [0.4, 0.5) is 5.69 Å². The summed E-state index contributed by atoms with van der Waals surface area (Å²) in [5.41, 5.74) is 1.56. The van der Waals surface area contributed by atoms with Crippen LogP contribution < -0.4 is 5.32 Å². The van der Waals surface area contributed by atoms with Crippen molar-refractivity contribution in [1.82, 2.24) is 0 Å². The Morgan fingerprint density at radius 3 is 2.89 bits per heavy atom. The zero-order valence-corrected chi connectivity index (χ0v) is 12.9. The van der Waals surface area contributed by atoms with Crippen molar-refractivity contribution < 1.29 is 14.3 Å². The SMILES string of the molecule is O=C(O)c1occc1CNc1ccc(Br)c(I)c1. The lowest BCUT2D eigenvalue weighted by molar-refractivity contribution is 0.0661. The second-order valence-electron chi connectivity index (χ2n) is 3.56. The fourth-order valence-corrected chi connectivity index (χ4v) is 2.23. The molecule has 0 spiro atoms. The van der Waals surface area contributed by atoms with Crippen LogP contribution in [0.15, 0.2) is 39.4 Å². The van der Waals surface area contributed by atoms with Crippen LogP contribution in [0.1, 0.15) is 16.1 Å². The van der Waals surface area contributed by atoms with Gasteiger partial charge in [-0.2, -0.15) is 0 Å². The Morgan fingerprint density at radius 1 is 1.44 bits per heavy atom. The molecule has 6 heteroatoms. The third kappa shape index (κ3) is 3.05. The zero-order chi connectivity index (χ0) is 13.1. The smallest absolute Gasteiger partial charge is 0.372 e. The Kier molecular flexibility index (Phi) is 4.28. The molecule has 2 rings (SSSR count). The maximum absolute atomic E-state index is 10.9. The third-order valence-corrected chi connectivity index (χ3v) is 4.67. The first-order chi connectivity index (χ1) is 8.58. The number of aromatic carboxylic acids is 1. The van der Waals surface area contributed by atoms with E-state index in [1.807, 2.05) is 18.2 Å². The van der Waals surface area contributed by atoms with Crippen LogP contribution in [0.5, 0.6) is 0 Å². The van der Waals surface area contributed by atoms with Crippen LogP contribution in [-0.2, 0) is 6.54 Å². The fourth-order valence-electron chi connectivity index (χ4n) is 1.47. The van der Waals surface area contributed by atoms with Crippen molar-refractivity contribution in [2.24, 2.45) is 0 Å². The van der Waals surface area contributed by atoms with Crippen LogP contribution in [0.25, 0.3) is 0 Å². The third-order valence-electron chi connectivity index (χ3n) is 2.34. The second-order valence-corrected chi connectivity index (χ2v) is 5.58. The average molecular weight is 422 g/mol. The average Bonchev–Trinajstić information content (AvgIpc) is 2.79. The molecule has 4 nitrogen and oxygen atoms in total. The highest BCUT2D eigenvalue weighted by Crippen LogP contribution is 2.23. The molecule has 2 aromatic rings. The Morgan fingerprint density at radius 2 is 2.22 bits per heavy atom. The van der Waals surface area contributed by atoms with Gasteiger partial charge < -0.3 is 14.8 Å². The Hall–Kier alpha value is -1.02. The lowest BCUT2D eigenvalue weighted by atomic mass is 10.2. The first kappa shape index (κ1) is 13.4. The summed E-state index contributed by atoms with van der Waals surface area (Å²) in [6.45, 7) is 0.413. The number of carboxylic acids is 1. The van der Waals surface area contributed by atoms with Gasteiger partial charge in [0.2, 0.25) is 5.76 Å². The van der Waals surface area contributed by atoms with Gasteiger partial charge in [0.05, 0.1) is 6.26 Å². The molecule has 0 unspecified atom stereocenters. The van der Waals surface area contributed by atoms with E-state index in [4.69, 9.17) is 9.52 Å². The minimum Gasteiger partial charge on any atom is -0.475 e. The van der Waals surface area contributed by atoms with Crippen LogP contribution in [0.3, 0.4) is 0 Å². The van der Waals surface area contributed by atoms with Gasteiger partial charge in [0.1, 0.15) is 0 Å². The number of carboxylic acid groups (broad SMARTS) is 1. The van der Waals surface area contributed by atoms with Crippen LogP contribution >= 0.6 is 38.5 Å². The highest BCUT2D eigenvalue weighted by atomic mass is 127. The first-order valence-corrected chi connectivity index (χ1v) is 6.93. The molecule has 0 atom stereocenters. The first-order valence-electron chi connectivity index (χ1n) is 5.06. The molecular weight excluding hydrogens is 413 g/mol. The van der Waals surface area contributed by atoms with Crippen molar-refractivity contribution in [3.05, 3.63) is 49.9 Å². The van der Waals surface area contributed by atoms with E-state index in [0.717, 1.165) is 13.7 Å². The topological polar surface area (TPSA) is 62.5 Å². The maximum atomic E-state index is 10.9. The molecule has 0 saturated carbocycles. The van der Waals surface area contributed by atoms with Gasteiger partial charge in [-0.3, -0.25) is 0 Å². The van der Waals surface area contributed by atoms with Crippen molar-refractivity contribution >= 4 is 50.2 Å². The highest BCUT2D eigenvalue weighted by Gasteiger charge is 2.13. The van der Waals surface area contributed by atoms with Gasteiger partial charge in [0.25, 0.3) is 0 Å². The van der Waals surface area contributed by atoms with E-state index in [1.165, 1.54) is 6.26 Å². The number of benzene rings is 1. The minimum atomic E-state index is -1.05. The molecule has 1 aromatic heterocycles. The fraction of sp³-hybridized carbons (Fsp3) is 0.0833. The summed E-state index contributed by atoms with van der Waals surface area (Å²) in [7, 11) is 0. The van der Waals surface area contributed by atoms with Gasteiger partial charge in [-0.05, 0) is 62.8 Å². The molecule has 1 heterocycles. The number of furan rings is 1. The Labute approximate surface area is 126 Å². The zero-order valence-electron chi connectivity index (χ0n) is 9.11. The normalized spacial score (nSPS) is 10.3. The number of carbonyl (C=O) groups is 1. The second kappa shape index (κ2) is 5.75. The van der Waals surface area contributed by atoms with E-state index in [-0.39, 0.29) is 5.76 Å². The van der Waals surface area contributed by atoms with E-state index in [0.29, 0.717) is 12.1 Å². The quantitative estimate of drug-likeness (QED) is 0.733. The van der Waals surface area contributed by atoms with Crippen molar-refractivity contribution in [2.75, 3.05) is 5.32 Å². The molecular formula is C12H9BrINO3. The summed E-state index contributed by atoms with van der Waals surface area (Å²) >= 11 is 5.64. The predicted molar refractivity (Wildman–Crippen MR) is 79.9 cm³/mol. The summed E-state index contributed by atoms with van der Waals surface area (Å²) in [4.78, 5) is 10.9. The molecule has 0 aliphatic carbocycles. The van der Waals surface area contributed by atoms with Crippen LogP contribution in [0, 0.1) is 3.57 Å². The summed E-state index contributed by atoms with van der Waals surface area (Å²) < 4.78 is 7.03. The van der Waals surface area contributed by atoms with E-state index >= 15 is 0 Å². The van der Waals surface area contributed by atoms with E-state index in [2.05, 4.69) is 43.8 Å². The summed E-state index contributed by atoms with van der Waals surface area (Å²) in [5, 5.41) is 12.1. The molecule has 0 radical (unpaired) electrons. The number of halogens is 2. The maximum Gasteiger partial charge on any atom is 0.372 e.